The number of nitrogens with two attached hydrogens (primary N) is 1. The Bertz CT molecular complexity index is 1200. The number of aliphatic hydroxyl groups is 2. The molecule has 4 N–H and O–H groups in total. The van der Waals surface area contributed by atoms with Crippen LogP contribution in [-0.2, 0) is 0 Å². The van der Waals surface area contributed by atoms with E-state index in [1.54, 1.807) is 11.3 Å². The predicted molar refractivity (Wildman–Crippen MR) is 184 cm³/mol. The van der Waals surface area contributed by atoms with E-state index in [1.165, 1.54) is 17.7 Å². The molecule has 0 fully saturated rings. The van der Waals surface area contributed by atoms with Gasteiger partial charge in [0.05, 0.1) is 10.7 Å². The number of halogens is 1. The molecule has 232 valence electrons. The van der Waals surface area contributed by atoms with E-state index in [0.29, 0.717) is 10.9 Å². The van der Waals surface area contributed by atoms with Crippen LogP contribution in [0.5, 0.6) is 0 Å². The third kappa shape index (κ3) is 12.3. The molecule has 7 heteroatoms. The number of hydrogen-bond donors (Lipinski definition) is 3. The fraction of sp³-hybridized carbons (Fsp3) is 0.457. The van der Waals surface area contributed by atoms with Crippen molar-refractivity contribution in [2.45, 2.75) is 92.4 Å². The molecule has 0 aliphatic carbocycles. The van der Waals surface area contributed by atoms with Gasteiger partial charge < -0.3 is 20.8 Å². The number of aromatic nitrogens is 1. The van der Waals surface area contributed by atoms with Gasteiger partial charge in [-0.25, -0.2) is 4.98 Å². The molecule has 1 aliphatic heterocycles. The first-order chi connectivity index (χ1) is 20.2. The maximum absolute atomic E-state index is 8.30. The first-order valence-electron chi connectivity index (χ1n) is 15.1. The minimum absolute atomic E-state index is 0.283. The molecule has 2 aromatic rings. The molecule has 1 aromatic carbocycles. The van der Waals surface area contributed by atoms with Crippen LogP contribution in [0.1, 0.15) is 94.0 Å². The second-order valence-corrected chi connectivity index (χ2v) is 12.0. The van der Waals surface area contributed by atoms with Gasteiger partial charge in [0.25, 0.3) is 0 Å². The van der Waals surface area contributed by atoms with Crippen LogP contribution in [0, 0.1) is 13.8 Å². The number of benzene rings is 1. The molecule has 0 spiro atoms. The lowest BCUT2D eigenvalue weighted by Crippen LogP contribution is -2.17. The summed E-state index contributed by atoms with van der Waals surface area (Å²) < 4.78 is 0. The number of aryl methyl sites for hydroxylation is 2. The van der Waals surface area contributed by atoms with Crippen molar-refractivity contribution in [3.63, 3.8) is 0 Å². The van der Waals surface area contributed by atoms with Crippen molar-refractivity contribution >= 4 is 28.5 Å². The third-order valence-corrected chi connectivity index (χ3v) is 7.92. The van der Waals surface area contributed by atoms with Crippen molar-refractivity contribution in [1.82, 2.24) is 9.88 Å². The van der Waals surface area contributed by atoms with Gasteiger partial charge in [0.2, 0.25) is 0 Å². The molecule has 3 rings (SSSR count). The summed E-state index contributed by atoms with van der Waals surface area (Å²) in [6, 6.07) is 8.38. The molecular weight excluding hydrogens is 562 g/mol. The van der Waals surface area contributed by atoms with Crippen molar-refractivity contribution in [3.05, 3.63) is 93.3 Å². The number of aliphatic hydroxyl groups excluding tert-OH is 2. The van der Waals surface area contributed by atoms with Crippen LogP contribution < -0.4 is 5.73 Å². The number of hydrogen-bond acceptors (Lipinski definition) is 6. The van der Waals surface area contributed by atoms with E-state index in [-0.39, 0.29) is 13.2 Å². The lowest BCUT2D eigenvalue weighted by Gasteiger charge is -2.27. The monoisotopic (exact) mass is 613 g/mol. The summed E-state index contributed by atoms with van der Waals surface area (Å²) in [5.41, 5.74) is 12.3. The Labute approximate surface area is 263 Å². The van der Waals surface area contributed by atoms with E-state index in [1.807, 2.05) is 30.2 Å². The first-order valence-corrected chi connectivity index (χ1v) is 16.3. The predicted octanol–water partition coefficient (Wildman–Crippen LogP) is 9.60. The van der Waals surface area contributed by atoms with E-state index in [2.05, 4.69) is 65.1 Å². The standard InChI is InChI=1S/C25H28ClN3S.C6H14O2.C4H10/c1-6-7-10-23(25(26)29-14-13-20(17(3)27)15-16(29)2)21-11-8-9-12-22(21)24-18(4)30-19(5)28-24;7-5-3-1-2-4-6-8;1-3-4-2/h8-9,11-15H,2-3,6-7,10,27H2,1,4-5H3;7-8H,1-6H2;3-4H2,1-2H3/b25-23+;;. The summed E-state index contributed by atoms with van der Waals surface area (Å²) in [4.78, 5) is 7.92. The molecule has 0 saturated heterocycles. The Morgan fingerprint density at radius 1 is 0.976 bits per heavy atom. The largest absolute Gasteiger partial charge is 0.399 e. The van der Waals surface area contributed by atoms with Crippen LogP contribution in [-0.4, -0.2) is 33.3 Å². The zero-order valence-corrected chi connectivity index (χ0v) is 28.0. The highest BCUT2D eigenvalue weighted by atomic mass is 35.5. The highest BCUT2D eigenvalue weighted by Gasteiger charge is 2.21. The van der Waals surface area contributed by atoms with Gasteiger partial charge in [0.15, 0.2) is 0 Å². The number of nitrogens with zero attached hydrogens (tertiary/aromatic N) is 2. The molecule has 2 heterocycles. The number of unbranched alkanes of at least 4 members (excludes halogenated alkanes) is 5. The summed E-state index contributed by atoms with van der Waals surface area (Å²) >= 11 is 8.73. The minimum atomic E-state index is 0.283. The van der Waals surface area contributed by atoms with Crippen molar-refractivity contribution in [3.8, 4) is 11.3 Å². The van der Waals surface area contributed by atoms with Crippen LogP contribution in [0.2, 0.25) is 0 Å². The minimum Gasteiger partial charge on any atom is -0.399 e. The van der Waals surface area contributed by atoms with Crippen molar-refractivity contribution in [2.75, 3.05) is 13.2 Å². The topological polar surface area (TPSA) is 82.6 Å². The van der Waals surface area contributed by atoms with Crippen molar-refractivity contribution in [1.29, 1.82) is 0 Å². The fourth-order valence-corrected chi connectivity index (χ4v) is 5.29. The smallest absolute Gasteiger partial charge is 0.117 e. The second-order valence-electron chi connectivity index (χ2n) is 10.2. The molecule has 1 aromatic heterocycles. The first kappa shape index (κ1) is 37.4. The second kappa shape index (κ2) is 21.1. The van der Waals surface area contributed by atoms with Crippen LogP contribution >= 0.6 is 22.9 Å². The van der Waals surface area contributed by atoms with E-state index in [9.17, 15) is 0 Å². The Balaban J connectivity index is 0.000000620. The maximum Gasteiger partial charge on any atom is 0.117 e. The highest BCUT2D eigenvalue weighted by molar-refractivity contribution is 7.11. The molecule has 42 heavy (non-hydrogen) atoms. The van der Waals surface area contributed by atoms with Crippen LogP contribution in [0.3, 0.4) is 0 Å². The summed E-state index contributed by atoms with van der Waals surface area (Å²) in [5.74, 6) is 0. The molecule has 0 bridgehead atoms. The fourth-order valence-electron chi connectivity index (χ4n) is 4.10. The Hall–Kier alpha value is -2.64. The number of allylic oxidation sites excluding steroid dienone is 3. The lowest BCUT2D eigenvalue weighted by molar-refractivity contribution is 0.265. The summed E-state index contributed by atoms with van der Waals surface area (Å²) in [6.07, 6.45) is 15.2. The Morgan fingerprint density at radius 3 is 2.07 bits per heavy atom. The van der Waals surface area contributed by atoms with E-state index in [0.717, 1.165) is 83.6 Å². The van der Waals surface area contributed by atoms with Gasteiger partial charge in [-0.2, -0.15) is 0 Å². The number of thiazole rings is 1. The molecule has 0 unspecified atom stereocenters. The summed E-state index contributed by atoms with van der Waals surface area (Å²) in [6.45, 7) is 19.3. The average molecular weight is 614 g/mol. The van der Waals surface area contributed by atoms with Gasteiger partial charge >= 0.3 is 0 Å². The van der Waals surface area contributed by atoms with E-state index < -0.39 is 0 Å². The molecule has 0 radical (unpaired) electrons. The van der Waals surface area contributed by atoms with E-state index in [4.69, 9.17) is 32.5 Å². The average Bonchev–Trinajstić information content (AvgIpc) is 3.33. The maximum atomic E-state index is 8.30. The number of rotatable bonds is 13. The molecule has 1 aliphatic rings. The normalized spacial score (nSPS) is 13.0. The summed E-state index contributed by atoms with van der Waals surface area (Å²) in [7, 11) is 0. The highest BCUT2D eigenvalue weighted by Crippen LogP contribution is 2.39. The zero-order chi connectivity index (χ0) is 31.5. The van der Waals surface area contributed by atoms with Crippen molar-refractivity contribution in [2.24, 2.45) is 5.73 Å². The Kier molecular flexibility index (Phi) is 18.8. The lowest BCUT2D eigenvalue weighted by atomic mass is 9.94. The molecule has 0 atom stereocenters. The van der Waals surface area contributed by atoms with Crippen LogP contribution in [0.4, 0.5) is 0 Å². The molecule has 5 nitrogen and oxygen atoms in total. The zero-order valence-electron chi connectivity index (χ0n) is 26.4. The van der Waals surface area contributed by atoms with Crippen LogP contribution in [0.15, 0.2) is 77.9 Å². The SMILES string of the molecule is C=C(N)C1=CC(=C)N(/C(Cl)=C(\CCCC)c2ccccc2-c2nc(C)sc2C)C=C1.CCCC.OCCCCCCO. The summed E-state index contributed by atoms with van der Waals surface area (Å²) in [5, 5.41) is 18.3. The van der Waals surface area contributed by atoms with Crippen molar-refractivity contribution < 1.29 is 10.2 Å². The van der Waals surface area contributed by atoms with Gasteiger partial charge in [0, 0.05) is 46.8 Å². The van der Waals surface area contributed by atoms with Crippen LogP contribution in [0.25, 0.3) is 16.8 Å². The van der Waals surface area contributed by atoms with Gasteiger partial charge in [-0.1, -0.05) is 102 Å². The van der Waals surface area contributed by atoms with Gasteiger partial charge in [-0.3, -0.25) is 0 Å². The van der Waals surface area contributed by atoms with Gasteiger partial charge in [0.1, 0.15) is 5.16 Å². The molecule has 0 saturated carbocycles. The quantitative estimate of drug-likeness (QED) is 0.155. The van der Waals surface area contributed by atoms with Gasteiger partial charge in [-0.15, -0.1) is 11.3 Å². The molecular formula is C35H52ClN3O2S. The molecule has 0 amide bonds. The Morgan fingerprint density at radius 2 is 1.60 bits per heavy atom. The third-order valence-electron chi connectivity index (χ3n) is 6.62. The van der Waals surface area contributed by atoms with E-state index >= 15 is 0 Å². The van der Waals surface area contributed by atoms with Gasteiger partial charge in [-0.05, 0) is 62.8 Å².